The normalized spacial score (nSPS) is 23.2. The molecule has 0 aliphatic carbocycles. The van der Waals surface area contributed by atoms with Crippen LogP contribution in [0.2, 0.25) is 0 Å². The molecule has 1 amide bonds. The summed E-state index contributed by atoms with van der Waals surface area (Å²) >= 11 is 0. The highest BCUT2D eigenvalue weighted by Crippen LogP contribution is 2.14. The molecule has 1 aliphatic rings. The Hall–Kier alpha value is -1.67. The molecule has 2 rings (SSSR count). The van der Waals surface area contributed by atoms with E-state index in [9.17, 15) is 17.6 Å². The Morgan fingerprint density at radius 2 is 2.09 bits per heavy atom. The summed E-state index contributed by atoms with van der Waals surface area (Å²) in [6.07, 6.45) is -0.637. The van der Waals surface area contributed by atoms with Crippen molar-refractivity contribution in [3.05, 3.63) is 35.6 Å². The largest absolute Gasteiger partial charge is 0.450 e. The number of carbonyl (C=O) groups is 1. The zero-order chi connectivity index (χ0) is 16.2. The van der Waals surface area contributed by atoms with Gasteiger partial charge in [-0.05, 0) is 24.6 Å². The van der Waals surface area contributed by atoms with Crippen LogP contribution in [-0.2, 0) is 21.1 Å². The molecule has 1 aromatic carbocycles. The molecule has 0 radical (unpaired) electrons. The maximum Gasteiger partial charge on any atom is 0.407 e. The predicted molar refractivity (Wildman–Crippen MR) is 79.6 cm³/mol. The van der Waals surface area contributed by atoms with Gasteiger partial charge in [0.2, 0.25) is 0 Å². The average molecular weight is 330 g/mol. The second-order valence-electron chi connectivity index (χ2n) is 5.17. The maximum atomic E-state index is 13.1. The third kappa shape index (κ3) is 4.67. The quantitative estimate of drug-likeness (QED) is 0.835. The highest BCUT2D eigenvalue weighted by atomic mass is 32.2. The Labute approximate surface area is 129 Å². The number of carbonyl (C=O) groups excluding carboxylic acids is 1. The van der Waals surface area contributed by atoms with E-state index >= 15 is 0 Å². The molecule has 0 spiro atoms. The first kappa shape index (κ1) is 16.7. The molecule has 0 bridgehead atoms. The van der Waals surface area contributed by atoms with E-state index in [4.69, 9.17) is 4.74 Å². The third-order valence-electron chi connectivity index (χ3n) is 3.39. The number of ether oxygens (including phenoxy) is 1. The minimum absolute atomic E-state index is 0.0701. The third-order valence-corrected chi connectivity index (χ3v) is 5.12. The van der Waals surface area contributed by atoms with Crippen LogP contribution >= 0.6 is 0 Å². The summed E-state index contributed by atoms with van der Waals surface area (Å²) in [6, 6.07) is 5.06. The SMILES string of the molecule is CCOC(=O)N[C@@H]1CS(=O)(=O)C[C@@H]1NCc1cccc(F)c1. The maximum absolute atomic E-state index is 13.1. The van der Waals surface area contributed by atoms with E-state index in [0.29, 0.717) is 12.1 Å². The van der Waals surface area contributed by atoms with Crippen molar-refractivity contribution in [1.29, 1.82) is 0 Å². The number of alkyl carbamates (subject to hydrolysis) is 1. The van der Waals surface area contributed by atoms with Gasteiger partial charge in [-0.25, -0.2) is 17.6 Å². The number of benzene rings is 1. The fraction of sp³-hybridized carbons (Fsp3) is 0.500. The molecule has 0 aromatic heterocycles. The topological polar surface area (TPSA) is 84.5 Å². The Bertz CT molecular complexity index is 635. The van der Waals surface area contributed by atoms with Crippen LogP contribution in [0.25, 0.3) is 0 Å². The second kappa shape index (κ2) is 7.06. The molecular formula is C14H19FN2O4S. The van der Waals surface area contributed by atoms with Crippen LogP contribution in [0.3, 0.4) is 0 Å². The molecule has 0 saturated carbocycles. The molecule has 2 N–H and O–H groups in total. The van der Waals surface area contributed by atoms with Gasteiger partial charge in [0.25, 0.3) is 0 Å². The van der Waals surface area contributed by atoms with Gasteiger partial charge < -0.3 is 15.4 Å². The van der Waals surface area contributed by atoms with Crippen molar-refractivity contribution in [3.63, 3.8) is 0 Å². The lowest BCUT2D eigenvalue weighted by Crippen LogP contribution is -2.49. The van der Waals surface area contributed by atoms with Gasteiger partial charge in [0, 0.05) is 12.6 Å². The van der Waals surface area contributed by atoms with Crippen LogP contribution in [0.15, 0.2) is 24.3 Å². The summed E-state index contributed by atoms with van der Waals surface area (Å²) in [6.45, 7) is 2.20. The number of amides is 1. The minimum Gasteiger partial charge on any atom is -0.450 e. The number of hydrogen-bond acceptors (Lipinski definition) is 5. The van der Waals surface area contributed by atoms with Gasteiger partial charge in [-0.1, -0.05) is 12.1 Å². The molecule has 0 unspecified atom stereocenters. The average Bonchev–Trinajstić information content (AvgIpc) is 2.71. The first-order valence-corrected chi connectivity index (χ1v) is 8.83. The summed E-state index contributed by atoms with van der Waals surface area (Å²) in [4.78, 5) is 11.5. The van der Waals surface area contributed by atoms with Crippen LogP contribution in [-0.4, -0.2) is 44.7 Å². The monoisotopic (exact) mass is 330 g/mol. The van der Waals surface area contributed by atoms with E-state index in [1.807, 2.05) is 0 Å². The van der Waals surface area contributed by atoms with Crippen LogP contribution in [0, 0.1) is 5.82 Å². The van der Waals surface area contributed by atoms with Gasteiger partial charge >= 0.3 is 6.09 Å². The first-order chi connectivity index (χ1) is 10.4. The van der Waals surface area contributed by atoms with Gasteiger partial charge in [-0.2, -0.15) is 0 Å². The van der Waals surface area contributed by atoms with Crippen LogP contribution in [0.1, 0.15) is 12.5 Å². The Morgan fingerprint density at radius 1 is 1.36 bits per heavy atom. The lowest BCUT2D eigenvalue weighted by molar-refractivity contribution is 0.147. The van der Waals surface area contributed by atoms with Crippen molar-refractivity contribution in [2.75, 3.05) is 18.1 Å². The van der Waals surface area contributed by atoms with Crippen molar-refractivity contribution < 1.29 is 22.3 Å². The van der Waals surface area contributed by atoms with Gasteiger partial charge in [0.15, 0.2) is 9.84 Å². The Balaban J connectivity index is 1.98. The Kier molecular flexibility index (Phi) is 5.36. The molecule has 1 fully saturated rings. The Morgan fingerprint density at radius 3 is 2.77 bits per heavy atom. The molecule has 8 heteroatoms. The molecule has 22 heavy (non-hydrogen) atoms. The summed E-state index contributed by atoms with van der Waals surface area (Å²) in [7, 11) is -3.22. The zero-order valence-electron chi connectivity index (χ0n) is 12.2. The predicted octanol–water partition coefficient (Wildman–Crippen LogP) is 0.827. The van der Waals surface area contributed by atoms with Crippen LogP contribution in [0.5, 0.6) is 0 Å². The zero-order valence-corrected chi connectivity index (χ0v) is 13.0. The lowest BCUT2D eigenvalue weighted by atomic mass is 10.1. The number of rotatable bonds is 5. The molecule has 1 aromatic rings. The van der Waals surface area contributed by atoms with Crippen molar-refractivity contribution in [3.8, 4) is 0 Å². The van der Waals surface area contributed by atoms with Crippen molar-refractivity contribution in [1.82, 2.24) is 10.6 Å². The van der Waals surface area contributed by atoms with Crippen molar-refractivity contribution in [2.24, 2.45) is 0 Å². The van der Waals surface area contributed by atoms with Crippen LogP contribution in [0.4, 0.5) is 9.18 Å². The minimum atomic E-state index is -3.22. The van der Waals surface area contributed by atoms with Crippen LogP contribution < -0.4 is 10.6 Å². The van der Waals surface area contributed by atoms with Gasteiger partial charge in [0.1, 0.15) is 5.82 Å². The fourth-order valence-corrected chi connectivity index (χ4v) is 4.31. The fourth-order valence-electron chi connectivity index (χ4n) is 2.41. The molecule has 1 heterocycles. The summed E-state index contributed by atoms with van der Waals surface area (Å²) in [5, 5.41) is 5.62. The van der Waals surface area contributed by atoms with E-state index in [1.165, 1.54) is 12.1 Å². The molecular weight excluding hydrogens is 311 g/mol. The number of nitrogens with one attached hydrogen (secondary N) is 2. The van der Waals surface area contributed by atoms with Gasteiger partial charge in [-0.3, -0.25) is 0 Å². The van der Waals surface area contributed by atoms with Crippen molar-refractivity contribution in [2.45, 2.75) is 25.6 Å². The van der Waals surface area contributed by atoms with Crippen molar-refractivity contribution >= 4 is 15.9 Å². The molecule has 2 atom stereocenters. The smallest absolute Gasteiger partial charge is 0.407 e. The van der Waals surface area contributed by atoms with E-state index < -0.39 is 28.0 Å². The first-order valence-electron chi connectivity index (χ1n) is 7.01. The number of halogens is 1. The highest BCUT2D eigenvalue weighted by molar-refractivity contribution is 7.91. The molecule has 1 saturated heterocycles. The van der Waals surface area contributed by atoms with Gasteiger partial charge in [-0.15, -0.1) is 0 Å². The van der Waals surface area contributed by atoms with E-state index in [1.54, 1.807) is 19.1 Å². The second-order valence-corrected chi connectivity index (χ2v) is 7.32. The highest BCUT2D eigenvalue weighted by Gasteiger charge is 2.38. The standard InChI is InChI=1S/C14H19FN2O4S/c1-2-21-14(18)17-13-9-22(19,20)8-12(13)16-7-10-4-3-5-11(15)6-10/h3-6,12-13,16H,2,7-9H2,1H3,(H,17,18)/t12-,13+/m0/s1. The molecule has 122 valence electrons. The number of hydrogen-bond donors (Lipinski definition) is 2. The van der Waals surface area contributed by atoms with E-state index in [0.717, 1.165) is 0 Å². The summed E-state index contributed by atoms with van der Waals surface area (Å²) < 4.78 is 41.4. The molecule has 6 nitrogen and oxygen atoms in total. The summed E-state index contributed by atoms with van der Waals surface area (Å²) in [5.74, 6) is -0.550. The summed E-state index contributed by atoms with van der Waals surface area (Å²) in [5.41, 5.74) is 0.708. The molecule has 1 aliphatic heterocycles. The van der Waals surface area contributed by atoms with E-state index in [2.05, 4.69) is 10.6 Å². The number of sulfone groups is 1. The van der Waals surface area contributed by atoms with Gasteiger partial charge in [0.05, 0.1) is 24.2 Å². The van der Waals surface area contributed by atoms with E-state index in [-0.39, 0.29) is 23.9 Å². The lowest BCUT2D eigenvalue weighted by Gasteiger charge is -2.20.